The molecular weight excluding hydrogens is 182 g/mol. The van der Waals surface area contributed by atoms with E-state index in [1.165, 1.54) is 0 Å². The Hall–Kier alpha value is -1.26. The van der Waals surface area contributed by atoms with Crippen LogP contribution in [0.15, 0.2) is 18.2 Å². The summed E-state index contributed by atoms with van der Waals surface area (Å²) >= 11 is 0. The van der Waals surface area contributed by atoms with E-state index in [1.54, 1.807) is 0 Å². The molecule has 0 fully saturated rings. The highest BCUT2D eigenvalue weighted by Crippen LogP contribution is 2.32. The minimum absolute atomic E-state index is 0.00551. The van der Waals surface area contributed by atoms with Crippen molar-refractivity contribution in [2.45, 2.75) is 12.5 Å². The van der Waals surface area contributed by atoms with Gasteiger partial charge in [-0.1, -0.05) is 6.07 Å². The highest BCUT2D eigenvalue weighted by Gasteiger charge is 2.13. The van der Waals surface area contributed by atoms with Gasteiger partial charge in [0.15, 0.2) is 11.5 Å². The van der Waals surface area contributed by atoms with Crippen LogP contribution < -0.4 is 15.2 Å². The second-order valence-corrected chi connectivity index (χ2v) is 3.33. The molecule has 0 radical (unpaired) electrons. The molecule has 76 valence electrons. The third-order valence-corrected chi connectivity index (χ3v) is 2.17. The minimum Gasteiger partial charge on any atom is -0.454 e. The highest BCUT2D eigenvalue weighted by molar-refractivity contribution is 5.44. The van der Waals surface area contributed by atoms with Crippen molar-refractivity contribution in [3.05, 3.63) is 23.8 Å². The van der Waals surface area contributed by atoms with E-state index in [-0.39, 0.29) is 19.4 Å². The first kappa shape index (κ1) is 9.30. The van der Waals surface area contributed by atoms with Crippen molar-refractivity contribution in [1.29, 1.82) is 0 Å². The molecule has 1 aliphatic rings. The highest BCUT2D eigenvalue weighted by atomic mass is 16.7. The molecule has 0 unspecified atom stereocenters. The zero-order chi connectivity index (χ0) is 9.97. The van der Waals surface area contributed by atoms with Crippen LogP contribution in [0.5, 0.6) is 11.5 Å². The van der Waals surface area contributed by atoms with Crippen molar-refractivity contribution in [2.24, 2.45) is 5.73 Å². The van der Waals surface area contributed by atoms with Crippen molar-refractivity contribution in [3.63, 3.8) is 0 Å². The van der Waals surface area contributed by atoms with Crippen molar-refractivity contribution in [2.75, 3.05) is 13.4 Å². The molecule has 0 aliphatic carbocycles. The smallest absolute Gasteiger partial charge is 0.231 e. The van der Waals surface area contributed by atoms with Crippen LogP contribution >= 0.6 is 0 Å². The first-order chi connectivity index (χ1) is 6.79. The molecule has 1 heterocycles. The zero-order valence-corrected chi connectivity index (χ0v) is 7.77. The zero-order valence-electron chi connectivity index (χ0n) is 7.77. The van der Waals surface area contributed by atoms with Gasteiger partial charge >= 0.3 is 0 Å². The van der Waals surface area contributed by atoms with E-state index in [2.05, 4.69) is 0 Å². The van der Waals surface area contributed by atoms with Crippen molar-refractivity contribution in [3.8, 4) is 11.5 Å². The summed E-state index contributed by atoms with van der Waals surface area (Å²) in [6.07, 6.45) is 0.646. The van der Waals surface area contributed by atoms with Crippen LogP contribution in [0, 0.1) is 0 Å². The minimum atomic E-state index is -0.213. The van der Waals surface area contributed by atoms with Crippen LogP contribution in [0.1, 0.15) is 5.56 Å². The molecule has 1 aromatic carbocycles. The Morgan fingerprint density at radius 1 is 1.36 bits per heavy atom. The molecule has 0 saturated carbocycles. The number of nitrogens with two attached hydrogens (primary N) is 1. The summed E-state index contributed by atoms with van der Waals surface area (Å²) in [6, 6.07) is 5.48. The molecule has 0 amide bonds. The molecule has 1 aliphatic heterocycles. The van der Waals surface area contributed by atoms with Gasteiger partial charge in [-0.2, -0.15) is 0 Å². The largest absolute Gasteiger partial charge is 0.454 e. The maximum absolute atomic E-state index is 8.81. The molecule has 4 heteroatoms. The lowest BCUT2D eigenvalue weighted by Crippen LogP contribution is -2.26. The van der Waals surface area contributed by atoms with Gasteiger partial charge in [-0.25, -0.2) is 0 Å². The van der Waals surface area contributed by atoms with Crippen LogP contribution in [0.3, 0.4) is 0 Å². The summed E-state index contributed by atoms with van der Waals surface area (Å²) in [5.41, 5.74) is 6.68. The number of aliphatic hydroxyl groups excluding tert-OH is 1. The lowest BCUT2D eigenvalue weighted by atomic mass is 10.1. The summed E-state index contributed by atoms with van der Waals surface area (Å²) in [6.45, 7) is 0.277. The summed E-state index contributed by atoms with van der Waals surface area (Å²) in [4.78, 5) is 0. The quantitative estimate of drug-likeness (QED) is 0.727. The van der Waals surface area contributed by atoms with Crippen LogP contribution in [-0.2, 0) is 6.42 Å². The van der Waals surface area contributed by atoms with Crippen molar-refractivity contribution in [1.82, 2.24) is 0 Å². The summed E-state index contributed by atoms with van der Waals surface area (Å²) < 4.78 is 10.4. The number of aliphatic hydroxyl groups is 1. The average molecular weight is 195 g/mol. The summed E-state index contributed by atoms with van der Waals surface area (Å²) in [5, 5.41) is 8.81. The second-order valence-electron chi connectivity index (χ2n) is 3.33. The summed E-state index contributed by atoms with van der Waals surface area (Å²) in [7, 11) is 0. The fraction of sp³-hybridized carbons (Fsp3) is 0.400. The Bertz CT molecular complexity index is 327. The molecule has 0 aromatic heterocycles. The van der Waals surface area contributed by atoms with Gasteiger partial charge in [-0.3, -0.25) is 0 Å². The molecule has 14 heavy (non-hydrogen) atoms. The van der Waals surface area contributed by atoms with E-state index >= 15 is 0 Å². The Morgan fingerprint density at radius 2 is 2.14 bits per heavy atom. The topological polar surface area (TPSA) is 64.7 Å². The maximum Gasteiger partial charge on any atom is 0.231 e. The van der Waals surface area contributed by atoms with Crippen LogP contribution in [-0.4, -0.2) is 24.5 Å². The van der Waals surface area contributed by atoms with E-state index in [4.69, 9.17) is 20.3 Å². The number of ether oxygens (including phenoxy) is 2. The Kier molecular flexibility index (Phi) is 2.56. The number of benzene rings is 1. The lowest BCUT2D eigenvalue weighted by molar-refractivity contribution is 0.174. The molecule has 1 atom stereocenters. The van der Waals surface area contributed by atoms with Gasteiger partial charge in [0.05, 0.1) is 6.61 Å². The Balaban J connectivity index is 2.12. The predicted molar refractivity (Wildman–Crippen MR) is 51.3 cm³/mol. The predicted octanol–water partition coefficient (Wildman–Crippen LogP) is 0.277. The molecule has 0 saturated heterocycles. The monoisotopic (exact) mass is 195 g/mol. The fourth-order valence-electron chi connectivity index (χ4n) is 1.44. The van der Waals surface area contributed by atoms with E-state index in [0.717, 1.165) is 17.1 Å². The Morgan fingerprint density at radius 3 is 2.93 bits per heavy atom. The molecular formula is C10H13NO3. The number of hydrogen-bond donors (Lipinski definition) is 2. The van der Waals surface area contributed by atoms with Crippen LogP contribution in [0.25, 0.3) is 0 Å². The average Bonchev–Trinajstić information content (AvgIpc) is 2.64. The van der Waals surface area contributed by atoms with Crippen LogP contribution in [0.2, 0.25) is 0 Å². The van der Waals surface area contributed by atoms with Gasteiger partial charge in [-0.15, -0.1) is 0 Å². The number of rotatable bonds is 3. The first-order valence-electron chi connectivity index (χ1n) is 4.54. The summed E-state index contributed by atoms with van der Waals surface area (Å²) in [5.74, 6) is 1.53. The first-order valence-corrected chi connectivity index (χ1v) is 4.54. The molecule has 3 N–H and O–H groups in total. The third kappa shape index (κ3) is 1.81. The van der Waals surface area contributed by atoms with E-state index in [1.807, 2.05) is 18.2 Å². The third-order valence-electron chi connectivity index (χ3n) is 2.17. The Labute approximate surface area is 82.2 Å². The molecule has 4 nitrogen and oxygen atoms in total. The second kappa shape index (κ2) is 3.86. The standard InChI is InChI=1S/C10H13NO3/c11-8(5-12)3-7-1-2-9-10(4-7)14-6-13-9/h1-2,4,8,12H,3,5-6,11H2/t8-/m1/s1. The SMILES string of the molecule is N[C@@H](CO)Cc1ccc2c(c1)OCO2. The van der Waals surface area contributed by atoms with E-state index < -0.39 is 0 Å². The van der Waals surface area contributed by atoms with Gasteiger partial charge in [0.1, 0.15) is 0 Å². The number of fused-ring (bicyclic) bond motifs is 1. The van der Waals surface area contributed by atoms with Gasteiger partial charge in [-0.05, 0) is 24.1 Å². The maximum atomic E-state index is 8.81. The van der Waals surface area contributed by atoms with Gasteiger partial charge in [0.25, 0.3) is 0 Å². The molecule has 2 rings (SSSR count). The van der Waals surface area contributed by atoms with Crippen molar-refractivity contribution >= 4 is 0 Å². The van der Waals surface area contributed by atoms with Gasteiger partial charge < -0.3 is 20.3 Å². The van der Waals surface area contributed by atoms with Gasteiger partial charge in [0, 0.05) is 6.04 Å². The lowest BCUT2D eigenvalue weighted by Gasteiger charge is -2.08. The molecule has 1 aromatic rings. The van der Waals surface area contributed by atoms with Gasteiger partial charge in [0.2, 0.25) is 6.79 Å². The van der Waals surface area contributed by atoms with E-state index in [0.29, 0.717) is 6.42 Å². The van der Waals surface area contributed by atoms with Crippen molar-refractivity contribution < 1.29 is 14.6 Å². The van der Waals surface area contributed by atoms with Crippen LogP contribution in [0.4, 0.5) is 0 Å². The molecule has 0 spiro atoms. The fourth-order valence-corrected chi connectivity index (χ4v) is 1.44. The van der Waals surface area contributed by atoms with E-state index in [9.17, 15) is 0 Å². The number of hydrogen-bond acceptors (Lipinski definition) is 4. The normalized spacial score (nSPS) is 15.6. The molecule has 0 bridgehead atoms.